The summed E-state index contributed by atoms with van der Waals surface area (Å²) in [4.78, 5) is 6.23. The van der Waals surface area contributed by atoms with E-state index in [1.807, 2.05) is 18.7 Å². The number of benzene rings is 1. The minimum absolute atomic E-state index is 0. The van der Waals surface area contributed by atoms with Crippen molar-refractivity contribution in [1.29, 1.82) is 0 Å². The largest absolute Gasteiger partial charge is 0.489 e. The van der Waals surface area contributed by atoms with E-state index in [1.165, 1.54) is 0 Å². The third-order valence-corrected chi connectivity index (χ3v) is 3.68. The molecule has 120 valence electrons. The van der Waals surface area contributed by atoms with Gasteiger partial charge < -0.3 is 15.4 Å². The van der Waals surface area contributed by atoms with Crippen LogP contribution < -0.4 is 10.5 Å². The first-order chi connectivity index (χ1) is 9.49. The normalized spacial score (nSPS) is 11.0. The van der Waals surface area contributed by atoms with Crippen LogP contribution in [0.1, 0.15) is 13.8 Å². The molecule has 0 aromatic heterocycles. The molecule has 0 atom stereocenters. The third-order valence-electron chi connectivity index (χ3n) is 2.66. The van der Waals surface area contributed by atoms with Crippen molar-refractivity contribution in [2.24, 2.45) is 10.7 Å². The SMILES string of the molecule is CCN(CC)C(N)=NCCOc1c(Cl)cc(Br)cc1Cl.I. The number of hydrogen-bond donors (Lipinski definition) is 1. The highest BCUT2D eigenvalue weighted by Crippen LogP contribution is 2.35. The molecule has 0 bridgehead atoms. The average molecular weight is 511 g/mol. The Bertz CT molecular complexity index is 461. The first-order valence-electron chi connectivity index (χ1n) is 6.31. The van der Waals surface area contributed by atoms with Crippen molar-refractivity contribution < 1.29 is 4.74 Å². The van der Waals surface area contributed by atoms with E-state index < -0.39 is 0 Å². The van der Waals surface area contributed by atoms with Crippen LogP contribution in [0.5, 0.6) is 5.75 Å². The molecule has 0 radical (unpaired) electrons. The van der Waals surface area contributed by atoms with Crippen molar-refractivity contribution in [3.8, 4) is 5.75 Å². The topological polar surface area (TPSA) is 50.8 Å². The van der Waals surface area contributed by atoms with Gasteiger partial charge in [-0.05, 0) is 26.0 Å². The number of ether oxygens (including phenoxy) is 1. The maximum absolute atomic E-state index is 6.06. The first-order valence-corrected chi connectivity index (χ1v) is 7.86. The van der Waals surface area contributed by atoms with E-state index in [9.17, 15) is 0 Å². The van der Waals surface area contributed by atoms with Crippen molar-refractivity contribution in [2.75, 3.05) is 26.2 Å². The average Bonchev–Trinajstić information content (AvgIpc) is 2.38. The molecule has 0 aliphatic heterocycles. The predicted molar refractivity (Wildman–Crippen MR) is 104 cm³/mol. The van der Waals surface area contributed by atoms with Gasteiger partial charge in [-0.3, -0.25) is 0 Å². The molecule has 0 aliphatic rings. The van der Waals surface area contributed by atoms with E-state index in [1.54, 1.807) is 12.1 Å². The Kier molecular flexibility index (Phi) is 10.8. The molecule has 4 nitrogen and oxygen atoms in total. The fourth-order valence-corrected chi connectivity index (χ4v) is 2.94. The van der Waals surface area contributed by atoms with Crippen LogP contribution in [0.2, 0.25) is 10.0 Å². The van der Waals surface area contributed by atoms with Crippen LogP contribution in [0, 0.1) is 0 Å². The van der Waals surface area contributed by atoms with Crippen LogP contribution in [0.15, 0.2) is 21.6 Å². The minimum Gasteiger partial charge on any atom is -0.489 e. The minimum atomic E-state index is 0. The van der Waals surface area contributed by atoms with Crippen molar-refractivity contribution in [3.63, 3.8) is 0 Å². The molecular formula is C13H19BrCl2IN3O. The van der Waals surface area contributed by atoms with Gasteiger partial charge in [-0.25, -0.2) is 4.99 Å². The predicted octanol–water partition coefficient (Wildman–Crippen LogP) is 4.41. The van der Waals surface area contributed by atoms with Gasteiger partial charge in [0, 0.05) is 17.6 Å². The van der Waals surface area contributed by atoms with Gasteiger partial charge >= 0.3 is 0 Å². The molecule has 0 amide bonds. The fraction of sp³-hybridized carbons (Fsp3) is 0.462. The maximum Gasteiger partial charge on any atom is 0.191 e. The highest BCUT2D eigenvalue weighted by molar-refractivity contribution is 14.0. The van der Waals surface area contributed by atoms with Crippen LogP contribution in [0.25, 0.3) is 0 Å². The quantitative estimate of drug-likeness (QED) is 0.267. The second-order valence-electron chi connectivity index (χ2n) is 3.96. The van der Waals surface area contributed by atoms with Gasteiger partial charge in [0.15, 0.2) is 11.7 Å². The zero-order chi connectivity index (χ0) is 15.1. The summed E-state index contributed by atoms with van der Waals surface area (Å²) in [5, 5.41) is 0.926. The van der Waals surface area contributed by atoms with Gasteiger partial charge in [0.1, 0.15) is 6.61 Å². The van der Waals surface area contributed by atoms with E-state index >= 15 is 0 Å². The Morgan fingerprint density at radius 2 is 1.81 bits per heavy atom. The Morgan fingerprint density at radius 3 is 2.29 bits per heavy atom. The fourth-order valence-electron chi connectivity index (χ4n) is 1.62. The number of aliphatic imine (C=N–C) groups is 1. The smallest absolute Gasteiger partial charge is 0.191 e. The number of halogens is 4. The monoisotopic (exact) mass is 509 g/mol. The molecule has 0 aliphatic carbocycles. The summed E-state index contributed by atoms with van der Waals surface area (Å²) in [6.07, 6.45) is 0. The summed E-state index contributed by atoms with van der Waals surface area (Å²) < 4.78 is 6.36. The number of nitrogens with two attached hydrogens (primary N) is 1. The summed E-state index contributed by atoms with van der Waals surface area (Å²) in [7, 11) is 0. The second kappa shape index (κ2) is 10.7. The number of rotatable bonds is 6. The maximum atomic E-state index is 6.06. The summed E-state index contributed by atoms with van der Waals surface area (Å²) in [6, 6.07) is 3.46. The lowest BCUT2D eigenvalue weighted by Gasteiger charge is -2.19. The molecule has 0 heterocycles. The molecule has 1 aromatic carbocycles. The summed E-state index contributed by atoms with van der Waals surface area (Å²) in [5.41, 5.74) is 5.86. The van der Waals surface area contributed by atoms with Crippen molar-refractivity contribution >= 4 is 69.1 Å². The van der Waals surface area contributed by atoms with Gasteiger partial charge in [-0.15, -0.1) is 24.0 Å². The zero-order valence-electron chi connectivity index (χ0n) is 11.9. The number of hydrogen-bond acceptors (Lipinski definition) is 2. The Hall–Kier alpha value is 0.0800. The Balaban J connectivity index is 0.00000400. The van der Waals surface area contributed by atoms with E-state index in [-0.39, 0.29) is 24.0 Å². The Morgan fingerprint density at radius 1 is 1.29 bits per heavy atom. The molecule has 1 rings (SSSR count). The number of guanidine groups is 1. The van der Waals surface area contributed by atoms with Crippen LogP contribution in [0.3, 0.4) is 0 Å². The lowest BCUT2D eigenvalue weighted by molar-refractivity contribution is 0.327. The van der Waals surface area contributed by atoms with Crippen molar-refractivity contribution in [3.05, 3.63) is 26.7 Å². The van der Waals surface area contributed by atoms with Gasteiger partial charge in [0.25, 0.3) is 0 Å². The van der Waals surface area contributed by atoms with Crippen LogP contribution >= 0.6 is 63.1 Å². The molecule has 0 unspecified atom stereocenters. The molecule has 0 spiro atoms. The summed E-state index contributed by atoms with van der Waals surface area (Å²) in [6.45, 7) is 6.54. The van der Waals surface area contributed by atoms with Crippen LogP contribution in [0.4, 0.5) is 0 Å². The zero-order valence-corrected chi connectivity index (χ0v) is 17.3. The highest BCUT2D eigenvalue weighted by Gasteiger charge is 2.08. The lowest BCUT2D eigenvalue weighted by atomic mass is 10.3. The molecule has 0 saturated carbocycles. The van der Waals surface area contributed by atoms with Gasteiger partial charge in [0.2, 0.25) is 0 Å². The van der Waals surface area contributed by atoms with E-state index in [2.05, 4.69) is 20.9 Å². The van der Waals surface area contributed by atoms with E-state index in [0.29, 0.717) is 34.9 Å². The molecule has 21 heavy (non-hydrogen) atoms. The van der Waals surface area contributed by atoms with Gasteiger partial charge in [0.05, 0.1) is 16.6 Å². The molecule has 2 N–H and O–H groups in total. The van der Waals surface area contributed by atoms with E-state index in [0.717, 1.165) is 17.6 Å². The molecule has 8 heteroatoms. The van der Waals surface area contributed by atoms with E-state index in [4.69, 9.17) is 33.7 Å². The first kappa shape index (κ1) is 21.1. The molecule has 0 fully saturated rings. The second-order valence-corrected chi connectivity index (χ2v) is 5.69. The van der Waals surface area contributed by atoms with Gasteiger partial charge in [-0.2, -0.15) is 0 Å². The highest BCUT2D eigenvalue weighted by atomic mass is 127. The van der Waals surface area contributed by atoms with Crippen molar-refractivity contribution in [1.82, 2.24) is 4.90 Å². The Labute approximate surface area is 161 Å². The van der Waals surface area contributed by atoms with Crippen LogP contribution in [-0.2, 0) is 0 Å². The van der Waals surface area contributed by atoms with Crippen LogP contribution in [-0.4, -0.2) is 37.1 Å². The van der Waals surface area contributed by atoms with Crippen molar-refractivity contribution in [2.45, 2.75) is 13.8 Å². The molecular weight excluding hydrogens is 492 g/mol. The molecule has 0 saturated heterocycles. The standard InChI is InChI=1S/C13H18BrCl2N3O.HI/c1-3-19(4-2)13(17)18-5-6-20-12-10(15)7-9(14)8-11(12)16;/h7-8H,3-6H2,1-2H3,(H2,17,18);1H. The lowest BCUT2D eigenvalue weighted by Crippen LogP contribution is -2.37. The summed E-state index contributed by atoms with van der Waals surface area (Å²) in [5.74, 6) is 0.986. The third kappa shape index (κ3) is 6.80. The van der Waals surface area contributed by atoms with Gasteiger partial charge in [-0.1, -0.05) is 39.1 Å². The molecule has 1 aromatic rings. The summed E-state index contributed by atoms with van der Waals surface area (Å²) >= 11 is 15.4. The number of nitrogens with zero attached hydrogens (tertiary/aromatic N) is 2.